The molecule has 1 aromatic heterocycles. The maximum Gasteiger partial charge on any atom is 0.448 e. The predicted molar refractivity (Wildman–Crippen MR) is 87.2 cm³/mol. The lowest BCUT2D eigenvalue weighted by Gasteiger charge is -2.24. The maximum atomic E-state index is 13.0. The van der Waals surface area contributed by atoms with E-state index < -0.39 is 34.0 Å². The number of amides is 1. The van der Waals surface area contributed by atoms with Gasteiger partial charge in [0.2, 0.25) is 6.54 Å². The number of hydrogen-bond acceptors (Lipinski definition) is 4. The molecule has 0 fully saturated rings. The summed E-state index contributed by atoms with van der Waals surface area (Å²) in [6.07, 6.45) is -1.37. The van der Waals surface area contributed by atoms with Crippen LogP contribution in [0, 0.1) is 0 Å². The Morgan fingerprint density at radius 2 is 1.46 bits per heavy atom. The first kappa shape index (κ1) is 23.4. The molecule has 2 rings (SSSR count). The molecule has 1 heterocycles. The van der Waals surface area contributed by atoms with E-state index in [0.29, 0.717) is 4.90 Å². The van der Waals surface area contributed by atoms with Crippen LogP contribution in [0.5, 0.6) is 0 Å². The molecule has 28 heavy (non-hydrogen) atoms. The number of benzene rings is 1. The van der Waals surface area contributed by atoms with E-state index in [-0.39, 0.29) is 5.69 Å². The lowest BCUT2D eigenvalue weighted by molar-refractivity contribution is -0.719. The van der Waals surface area contributed by atoms with E-state index >= 15 is 0 Å². The molecule has 0 atom stereocenters. The molecule has 154 valence electrons. The van der Waals surface area contributed by atoms with Crippen LogP contribution in [0.15, 0.2) is 60.9 Å². The Morgan fingerprint density at radius 1 is 1.00 bits per heavy atom. The van der Waals surface area contributed by atoms with Gasteiger partial charge in [0.15, 0.2) is 22.5 Å². The van der Waals surface area contributed by atoms with Crippen molar-refractivity contribution in [3.05, 3.63) is 60.9 Å². The molecule has 6 nitrogen and oxygen atoms in total. The molecule has 0 saturated heterocycles. The van der Waals surface area contributed by atoms with Crippen molar-refractivity contribution >= 4 is 21.7 Å². The SMILES string of the molecule is CN(C(=O)C(F)(F)S(=O)(=O)[O-])c1ccccc1.FC(F)(F)C[n+]1ccccc1. The minimum Gasteiger partial charge on any atom is -0.743 e. The van der Waals surface area contributed by atoms with Crippen LogP contribution in [0.1, 0.15) is 0 Å². The summed E-state index contributed by atoms with van der Waals surface area (Å²) in [5, 5.41) is -4.97. The van der Waals surface area contributed by atoms with Gasteiger partial charge in [0.25, 0.3) is 0 Å². The predicted octanol–water partition coefficient (Wildman–Crippen LogP) is 2.32. The van der Waals surface area contributed by atoms with Gasteiger partial charge < -0.3 is 9.45 Å². The van der Waals surface area contributed by atoms with E-state index in [9.17, 15) is 39.7 Å². The molecular formula is C16H15F5N2O4S. The van der Waals surface area contributed by atoms with Gasteiger partial charge in [-0.15, -0.1) is 0 Å². The zero-order chi connectivity index (χ0) is 21.6. The maximum absolute atomic E-state index is 13.0. The molecular weight excluding hydrogens is 411 g/mol. The fourth-order valence-corrected chi connectivity index (χ4v) is 2.17. The average molecular weight is 426 g/mol. The van der Waals surface area contributed by atoms with Gasteiger partial charge in [0.05, 0.1) is 0 Å². The number of carbonyl (C=O) groups is 1. The summed E-state index contributed by atoms with van der Waals surface area (Å²) in [5.41, 5.74) is 0.0563. The van der Waals surface area contributed by atoms with E-state index in [1.54, 1.807) is 24.3 Å². The minimum absolute atomic E-state index is 0.0563. The molecule has 1 amide bonds. The summed E-state index contributed by atoms with van der Waals surface area (Å²) >= 11 is 0. The second-order valence-corrected chi connectivity index (χ2v) is 6.75. The van der Waals surface area contributed by atoms with Crippen LogP contribution in [0.4, 0.5) is 27.6 Å². The number of aromatic nitrogens is 1. The topological polar surface area (TPSA) is 81.4 Å². The van der Waals surface area contributed by atoms with E-state index in [1.807, 2.05) is 0 Å². The van der Waals surface area contributed by atoms with E-state index in [4.69, 9.17) is 0 Å². The van der Waals surface area contributed by atoms with Gasteiger partial charge >= 0.3 is 17.3 Å². The van der Waals surface area contributed by atoms with Crippen molar-refractivity contribution in [3.63, 3.8) is 0 Å². The van der Waals surface area contributed by atoms with Gasteiger partial charge in [-0.25, -0.2) is 8.42 Å². The number of pyridine rings is 1. The molecule has 12 heteroatoms. The monoisotopic (exact) mass is 426 g/mol. The van der Waals surface area contributed by atoms with Crippen LogP contribution < -0.4 is 9.47 Å². The molecule has 0 aliphatic heterocycles. The van der Waals surface area contributed by atoms with Crippen LogP contribution in [0.25, 0.3) is 0 Å². The Bertz CT molecular complexity index is 875. The summed E-state index contributed by atoms with van der Waals surface area (Å²) < 4.78 is 93.0. The normalized spacial score (nSPS) is 12.0. The third-order valence-electron chi connectivity index (χ3n) is 3.15. The van der Waals surface area contributed by atoms with Gasteiger partial charge in [0, 0.05) is 24.9 Å². The molecule has 0 saturated carbocycles. The molecule has 0 spiro atoms. The highest BCUT2D eigenvalue weighted by Crippen LogP contribution is 2.25. The summed E-state index contributed by atoms with van der Waals surface area (Å²) in [5.74, 6) is -2.08. The molecule has 0 aliphatic rings. The summed E-state index contributed by atoms with van der Waals surface area (Å²) in [6, 6.07) is 12.0. The number of para-hydroxylation sites is 1. The van der Waals surface area contributed by atoms with E-state index in [1.165, 1.54) is 36.7 Å². The van der Waals surface area contributed by atoms with Crippen molar-refractivity contribution in [2.45, 2.75) is 18.0 Å². The lowest BCUT2D eigenvalue weighted by Crippen LogP contribution is -2.46. The molecule has 1 aromatic carbocycles. The van der Waals surface area contributed by atoms with Crippen LogP contribution >= 0.6 is 0 Å². The largest absolute Gasteiger partial charge is 0.743 e. The molecule has 0 bridgehead atoms. The summed E-state index contributed by atoms with van der Waals surface area (Å²) in [6.45, 7) is -0.923. The number of carbonyl (C=O) groups excluding carboxylic acids is 1. The minimum atomic E-state index is -6.03. The summed E-state index contributed by atoms with van der Waals surface area (Å²) in [4.78, 5) is 11.6. The Kier molecular flexibility index (Phi) is 7.58. The van der Waals surface area contributed by atoms with Crippen LogP contribution in [-0.4, -0.2) is 37.4 Å². The number of hydrogen-bond donors (Lipinski definition) is 0. The Morgan fingerprint density at radius 3 is 1.89 bits per heavy atom. The second-order valence-electron chi connectivity index (χ2n) is 5.33. The fourth-order valence-electron chi connectivity index (χ4n) is 1.82. The Balaban J connectivity index is 0.000000307. The van der Waals surface area contributed by atoms with E-state index in [0.717, 1.165) is 11.6 Å². The van der Waals surface area contributed by atoms with Gasteiger partial charge in [-0.3, -0.25) is 4.79 Å². The number of halogens is 5. The van der Waals surface area contributed by atoms with E-state index in [2.05, 4.69) is 0 Å². The van der Waals surface area contributed by atoms with Gasteiger partial charge in [-0.1, -0.05) is 24.3 Å². The second kappa shape index (κ2) is 9.06. The average Bonchev–Trinajstić information content (AvgIpc) is 2.60. The summed E-state index contributed by atoms with van der Waals surface area (Å²) in [7, 11) is -5.07. The van der Waals surface area contributed by atoms with Crippen molar-refractivity contribution in [2.75, 3.05) is 11.9 Å². The van der Waals surface area contributed by atoms with Crippen molar-refractivity contribution in [3.8, 4) is 0 Å². The van der Waals surface area contributed by atoms with Crippen molar-refractivity contribution in [1.29, 1.82) is 0 Å². The molecule has 0 radical (unpaired) electrons. The first-order valence-electron chi connectivity index (χ1n) is 7.43. The first-order chi connectivity index (χ1) is 12.8. The molecule has 0 aliphatic carbocycles. The quantitative estimate of drug-likeness (QED) is 0.427. The third kappa shape index (κ3) is 6.85. The zero-order valence-corrected chi connectivity index (χ0v) is 15.1. The number of anilines is 1. The standard InChI is InChI=1S/C9H9F2NO4S.C7H7F3N/c1-12(7-5-3-2-4-6-7)8(13)9(10,11)17(14,15)16;8-7(9,10)6-11-4-2-1-3-5-11/h2-6H,1H3,(H,14,15,16);1-5H,6H2/q;+1/p-1. The Labute approximate surface area is 157 Å². The first-order valence-corrected chi connectivity index (χ1v) is 8.84. The molecule has 0 unspecified atom stereocenters. The fraction of sp³-hybridized carbons (Fsp3) is 0.250. The molecule has 2 aromatic rings. The van der Waals surface area contributed by atoms with Crippen molar-refractivity contribution in [2.24, 2.45) is 0 Å². The Hall–Kier alpha value is -2.60. The zero-order valence-electron chi connectivity index (χ0n) is 14.3. The third-order valence-corrected chi connectivity index (χ3v) is 3.95. The highest BCUT2D eigenvalue weighted by atomic mass is 32.2. The van der Waals surface area contributed by atoms with Crippen LogP contribution in [-0.2, 0) is 21.5 Å². The number of rotatable bonds is 4. The number of alkyl halides is 5. The van der Waals surface area contributed by atoms with Gasteiger partial charge in [-0.05, 0) is 12.1 Å². The van der Waals surface area contributed by atoms with Gasteiger partial charge in [-0.2, -0.15) is 26.5 Å². The van der Waals surface area contributed by atoms with Crippen LogP contribution in [0.3, 0.4) is 0 Å². The molecule has 0 N–H and O–H groups in total. The number of nitrogens with zero attached hydrogens (tertiary/aromatic N) is 2. The van der Waals surface area contributed by atoms with Crippen molar-refractivity contribution in [1.82, 2.24) is 0 Å². The van der Waals surface area contributed by atoms with Crippen LogP contribution in [0.2, 0.25) is 0 Å². The lowest BCUT2D eigenvalue weighted by atomic mass is 10.3. The smallest absolute Gasteiger partial charge is 0.448 e. The highest BCUT2D eigenvalue weighted by Gasteiger charge is 2.48. The van der Waals surface area contributed by atoms with Crippen molar-refractivity contribution < 1.29 is 44.3 Å². The van der Waals surface area contributed by atoms with Gasteiger partial charge in [0.1, 0.15) is 0 Å². The highest BCUT2D eigenvalue weighted by molar-refractivity contribution is 7.87.